The number of rotatable bonds is 8. The quantitative estimate of drug-likeness (QED) is 0.586. The van der Waals surface area contributed by atoms with Gasteiger partial charge < -0.3 is 11.1 Å². The van der Waals surface area contributed by atoms with Crippen molar-refractivity contribution in [3.8, 4) is 0 Å². The van der Waals surface area contributed by atoms with Gasteiger partial charge in [0.2, 0.25) is 5.91 Å². The van der Waals surface area contributed by atoms with Crippen LogP contribution in [0.3, 0.4) is 0 Å². The molecule has 0 fully saturated rings. The summed E-state index contributed by atoms with van der Waals surface area (Å²) in [6.45, 7) is 5.72. The van der Waals surface area contributed by atoms with Gasteiger partial charge in [-0.2, -0.15) is 0 Å². The van der Waals surface area contributed by atoms with E-state index in [0.717, 1.165) is 32.2 Å². The van der Waals surface area contributed by atoms with Crippen LogP contribution >= 0.6 is 0 Å². The van der Waals surface area contributed by atoms with Crippen LogP contribution in [0.4, 0.5) is 0 Å². The molecule has 0 saturated heterocycles. The van der Waals surface area contributed by atoms with Gasteiger partial charge in [0.25, 0.3) is 0 Å². The van der Waals surface area contributed by atoms with E-state index in [1.54, 1.807) is 0 Å². The highest BCUT2D eigenvalue weighted by atomic mass is 16.1. The maximum absolute atomic E-state index is 11.3. The number of nitrogens with two attached hydrogens (primary N) is 1. The maximum Gasteiger partial charge on any atom is 0.220 e. The zero-order valence-electron chi connectivity index (χ0n) is 9.51. The van der Waals surface area contributed by atoms with Crippen LogP contribution < -0.4 is 11.1 Å². The Morgan fingerprint density at radius 2 is 2.14 bits per heavy atom. The summed E-state index contributed by atoms with van der Waals surface area (Å²) in [4.78, 5) is 11.3. The molecule has 3 N–H and O–H groups in total. The van der Waals surface area contributed by atoms with Gasteiger partial charge in [0.1, 0.15) is 0 Å². The normalized spacial score (nSPS) is 12.5. The van der Waals surface area contributed by atoms with Gasteiger partial charge in [-0.25, -0.2) is 0 Å². The second kappa shape index (κ2) is 9.00. The van der Waals surface area contributed by atoms with Gasteiger partial charge >= 0.3 is 0 Å². The molecular weight excluding hydrogens is 176 g/mol. The minimum Gasteiger partial charge on any atom is -0.356 e. The van der Waals surface area contributed by atoms with Gasteiger partial charge in [-0.3, -0.25) is 4.79 Å². The molecule has 0 saturated carbocycles. The Balaban J connectivity index is 3.34. The Bertz CT molecular complexity index is 148. The Morgan fingerprint density at radius 1 is 1.43 bits per heavy atom. The number of carbonyl (C=O) groups is 1. The zero-order valence-corrected chi connectivity index (χ0v) is 9.51. The number of nitrogens with one attached hydrogen (secondary N) is 1. The number of hydrogen-bond donors (Lipinski definition) is 2. The summed E-state index contributed by atoms with van der Waals surface area (Å²) in [5, 5.41) is 2.93. The third-order valence-corrected chi connectivity index (χ3v) is 2.31. The van der Waals surface area contributed by atoms with E-state index >= 15 is 0 Å². The SMILES string of the molecule is CCCCCC(=O)NCC(C)CCN. The molecule has 0 aliphatic heterocycles. The molecule has 0 aromatic heterocycles. The predicted molar refractivity (Wildman–Crippen MR) is 60.0 cm³/mol. The average molecular weight is 200 g/mol. The van der Waals surface area contributed by atoms with Crippen LogP contribution in [0, 0.1) is 5.92 Å². The second-order valence-electron chi connectivity index (χ2n) is 3.94. The van der Waals surface area contributed by atoms with E-state index in [1.807, 2.05) is 0 Å². The number of unbranched alkanes of at least 4 members (excludes halogenated alkanes) is 2. The molecular formula is C11H24N2O. The molecule has 0 rings (SSSR count). The van der Waals surface area contributed by atoms with Crippen molar-refractivity contribution in [1.82, 2.24) is 5.32 Å². The van der Waals surface area contributed by atoms with Crippen molar-refractivity contribution < 1.29 is 4.79 Å². The molecule has 0 aromatic rings. The first-order valence-electron chi connectivity index (χ1n) is 5.67. The average Bonchev–Trinajstić information content (AvgIpc) is 2.16. The third kappa shape index (κ3) is 8.05. The van der Waals surface area contributed by atoms with Gasteiger partial charge in [0, 0.05) is 13.0 Å². The van der Waals surface area contributed by atoms with Crippen molar-refractivity contribution in [3.05, 3.63) is 0 Å². The Morgan fingerprint density at radius 3 is 2.71 bits per heavy atom. The topological polar surface area (TPSA) is 55.1 Å². The summed E-state index contributed by atoms with van der Waals surface area (Å²) in [6, 6.07) is 0. The molecule has 84 valence electrons. The van der Waals surface area contributed by atoms with E-state index < -0.39 is 0 Å². The monoisotopic (exact) mass is 200 g/mol. The van der Waals surface area contributed by atoms with Crippen LogP contribution in [0.25, 0.3) is 0 Å². The molecule has 3 nitrogen and oxygen atoms in total. The van der Waals surface area contributed by atoms with Crippen LogP contribution in [-0.2, 0) is 4.79 Å². The Hall–Kier alpha value is -0.570. The van der Waals surface area contributed by atoms with Crippen molar-refractivity contribution >= 4 is 5.91 Å². The van der Waals surface area contributed by atoms with E-state index in [2.05, 4.69) is 19.2 Å². The van der Waals surface area contributed by atoms with E-state index in [4.69, 9.17) is 5.73 Å². The van der Waals surface area contributed by atoms with Crippen LogP contribution in [0.1, 0.15) is 46.0 Å². The first-order valence-corrected chi connectivity index (χ1v) is 5.67. The molecule has 0 bridgehead atoms. The molecule has 0 aliphatic rings. The number of amides is 1. The lowest BCUT2D eigenvalue weighted by Crippen LogP contribution is -2.28. The first kappa shape index (κ1) is 13.4. The molecule has 14 heavy (non-hydrogen) atoms. The lowest BCUT2D eigenvalue weighted by molar-refractivity contribution is -0.121. The van der Waals surface area contributed by atoms with Crippen molar-refractivity contribution in [1.29, 1.82) is 0 Å². The van der Waals surface area contributed by atoms with E-state index in [0.29, 0.717) is 18.9 Å². The fraction of sp³-hybridized carbons (Fsp3) is 0.909. The lowest BCUT2D eigenvalue weighted by atomic mass is 10.1. The van der Waals surface area contributed by atoms with Crippen LogP contribution in [0.5, 0.6) is 0 Å². The van der Waals surface area contributed by atoms with Crippen LogP contribution in [0.2, 0.25) is 0 Å². The van der Waals surface area contributed by atoms with Gasteiger partial charge in [-0.15, -0.1) is 0 Å². The van der Waals surface area contributed by atoms with Crippen molar-refractivity contribution in [2.45, 2.75) is 46.0 Å². The third-order valence-electron chi connectivity index (χ3n) is 2.31. The highest BCUT2D eigenvalue weighted by molar-refractivity contribution is 5.75. The maximum atomic E-state index is 11.3. The minimum absolute atomic E-state index is 0.183. The van der Waals surface area contributed by atoms with E-state index in [1.165, 1.54) is 0 Å². The fourth-order valence-corrected chi connectivity index (χ4v) is 1.30. The van der Waals surface area contributed by atoms with Gasteiger partial charge in [0.05, 0.1) is 0 Å². The number of hydrogen-bond acceptors (Lipinski definition) is 2. The summed E-state index contributed by atoms with van der Waals surface area (Å²) in [7, 11) is 0. The van der Waals surface area contributed by atoms with E-state index in [9.17, 15) is 4.79 Å². The summed E-state index contributed by atoms with van der Waals surface area (Å²) in [6.07, 6.45) is 4.97. The molecule has 0 spiro atoms. The fourth-order valence-electron chi connectivity index (χ4n) is 1.30. The molecule has 0 aliphatic carbocycles. The van der Waals surface area contributed by atoms with Gasteiger partial charge in [-0.05, 0) is 25.3 Å². The highest BCUT2D eigenvalue weighted by Crippen LogP contribution is 2.00. The summed E-state index contributed by atoms with van der Waals surface area (Å²) in [5.41, 5.74) is 5.42. The summed E-state index contributed by atoms with van der Waals surface area (Å²) < 4.78 is 0. The van der Waals surface area contributed by atoms with Gasteiger partial charge in [-0.1, -0.05) is 26.7 Å². The predicted octanol–water partition coefficient (Wildman–Crippen LogP) is 1.67. The van der Waals surface area contributed by atoms with Crippen molar-refractivity contribution in [2.75, 3.05) is 13.1 Å². The van der Waals surface area contributed by atoms with Crippen molar-refractivity contribution in [3.63, 3.8) is 0 Å². The summed E-state index contributed by atoms with van der Waals surface area (Å²) in [5.74, 6) is 0.678. The molecule has 1 amide bonds. The number of carbonyl (C=O) groups excluding carboxylic acids is 1. The van der Waals surface area contributed by atoms with Crippen molar-refractivity contribution in [2.24, 2.45) is 11.7 Å². The molecule has 0 aromatic carbocycles. The summed E-state index contributed by atoms with van der Waals surface area (Å²) >= 11 is 0. The molecule has 0 radical (unpaired) electrons. The van der Waals surface area contributed by atoms with Crippen LogP contribution in [-0.4, -0.2) is 19.0 Å². The van der Waals surface area contributed by atoms with Crippen LogP contribution in [0.15, 0.2) is 0 Å². The largest absolute Gasteiger partial charge is 0.356 e. The van der Waals surface area contributed by atoms with Gasteiger partial charge in [0.15, 0.2) is 0 Å². The Labute approximate surface area is 87.4 Å². The molecule has 1 unspecified atom stereocenters. The lowest BCUT2D eigenvalue weighted by Gasteiger charge is -2.11. The van der Waals surface area contributed by atoms with E-state index in [-0.39, 0.29) is 5.91 Å². The molecule has 1 atom stereocenters. The molecule has 3 heteroatoms. The zero-order chi connectivity index (χ0) is 10.8. The first-order chi connectivity index (χ1) is 6.70. The highest BCUT2D eigenvalue weighted by Gasteiger charge is 2.04. The molecule has 0 heterocycles. The smallest absolute Gasteiger partial charge is 0.220 e. The minimum atomic E-state index is 0.183. The Kier molecular flexibility index (Phi) is 8.64. The second-order valence-corrected chi connectivity index (χ2v) is 3.94. The standard InChI is InChI=1S/C11H24N2O/c1-3-4-5-6-11(14)13-9-10(2)7-8-12/h10H,3-9,12H2,1-2H3,(H,13,14).